The van der Waals surface area contributed by atoms with Gasteiger partial charge in [0.05, 0.1) is 19.3 Å². The van der Waals surface area contributed by atoms with Crippen molar-refractivity contribution in [3.63, 3.8) is 0 Å². The van der Waals surface area contributed by atoms with Crippen LogP contribution in [0.4, 0.5) is 4.39 Å². The molecule has 2 aromatic heterocycles. The Morgan fingerprint density at radius 3 is 2.75 bits per heavy atom. The second-order valence-electron chi connectivity index (χ2n) is 3.89. The summed E-state index contributed by atoms with van der Waals surface area (Å²) in [5.41, 5.74) is 0.295. The number of hydrogen-bond donors (Lipinski definition) is 1. The number of primary sulfonamides is 1. The number of sulfonamides is 1. The van der Waals surface area contributed by atoms with Crippen LogP contribution in [0.2, 0.25) is 0 Å². The molecule has 2 aromatic rings. The molecule has 2 rings (SSSR count). The molecule has 2 heterocycles. The Kier molecular flexibility index (Phi) is 4.06. The van der Waals surface area contributed by atoms with Gasteiger partial charge in [-0.2, -0.15) is 0 Å². The highest BCUT2D eigenvalue weighted by atomic mass is 32.2. The fraction of sp³-hybridized carbons (Fsp3) is 0.300. The summed E-state index contributed by atoms with van der Waals surface area (Å²) in [6.45, 7) is 0.372. The summed E-state index contributed by atoms with van der Waals surface area (Å²) in [6, 6.07) is 1.17. The SMILES string of the molecule is COCCn1c(-c2cncc(F)c2)nnc1S(N)(=O)=O. The molecule has 0 radical (unpaired) electrons. The quantitative estimate of drug-likeness (QED) is 0.816. The Morgan fingerprint density at radius 1 is 1.40 bits per heavy atom. The maximum atomic E-state index is 13.2. The molecule has 0 amide bonds. The average Bonchev–Trinajstić information content (AvgIpc) is 2.79. The number of nitrogens with zero attached hydrogens (tertiary/aromatic N) is 4. The van der Waals surface area contributed by atoms with Gasteiger partial charge in [-0.05, 0) is 6.07 Å². The zero-order chi connectivity index (χ0) is 14.8. The van der Waals surface area contributed by atoms with Crippen molar-refractivity contribution in [3.05, 3.63) is 24.3 Å². The molecule has 0 unspecified atom stereocenters. The van der Waals surface area contributed by atoms with Crippen molar-refractivity contribution in [1.29, 1.82) is 0 Å². The molecule has 0 fully saturated rings. The molecule has 10 heteroatoms. The topological polar surface area (TPSA) is 113 Å². The van der Waals surface area contributed by atoms with Crippen molar-refractivity contribution in [1.82, 2.24) is 19.7 Å². The lowest BCUT2D eigenvalue weighted by Gasteiger charge is -2.08. The number of halogens is 1. The van der Waals surface area contributed by atoms with E-state index in [1.807, 2.05) is 0 Å². The first-order valence-electron chi connectivity index (χ1n) is 5.49. The number of pyridine rings is 1. The third-order valence-corrected chi connectivity index (χ3v) is 3.26. The molecule has 8 nitrogen and oxygen atoms in total. The number of methoxy groups -OCH3 is 1. The molecule has 0 spiro atoms. The molecule has 0 aromatic carbocycles. The molecule has 2 N–H and O–H groups in total. The van der Waals surface area contributed by atoms with Crippen molar-refractivity contribution in [2.45, 2.75) is 11.7 Å². The molecule has 0 saturated heterocycles. The van der Waals surface area contributed by atoms with E-state index in [0.717, 1.165) is 6.20 Å². The van der Waals surface area contributed by atoms with Gasteiger partial charge >= 0.3 is 0 Å². The lowest BCUT2D eigenvalue weighted by molar-refractivity contribution is 0.185. The summed E-state index contributed by atoms with van der Waals surface area (Å²) < 4.78 is 42.2. The van der Waals surface area contributed by atoms with Gasteiger partial charge in [0.1, 0.15) is 5.82 Å². The van der Waals surface area contributed by atoms with Gasteiger partial charge in [0.15, 0.2) is 5.82 Å². The second kappa shape index (κ2) is 5.61. The fourth-order valence-corrected chi connectivity index (χ4v) is 2.27. The summed E-state index contributed by atoms with van der Waals surface area (Å²) in [6.07, 6.45) is 2.38. The van der Waals surface area contributed by atoms with Gasteiger partial charge in [0.2, 0.25) is 0 Å². The molecule has 0 aliphatic heterocycles. The Bertz CT molecular complexity index is 715. The van der Waals surface area contributed by atoms with Crippen LogP contribution in [0, 0.1) is 5.82 Å². The Labute approximate surface area is 114 Å². The zero-order valence-corrected chi connectivity index (χ0v) is 11.3. The predicted octanol–water partition coefficient (Wildman–Crippen LogP) is -0.227. The molecular formula is C10H12FN5O3S. The van der Waals surface area contributed by atoms with E-state index in [1.165, 1.54) is 23.9 Å². The molecule has 0 saturated carbocycles. The molecule has 0 atom stereocenters. The first kappa shape index (κ1) is 14.5. The average molecular weight is 301 g/mol. The minimum atomic E-state index is -4.04. The molecular weight excluding hydrogens is 289 g/mol. The van der Waals surface area contributed by atoms with Crippen LogP contribution in [-0.2, 0) is 21.3 Å². The van der Waals surface area contributed by atoms with Crippen molar-refractivity contribution in [2.75, 3.05) is 13.7 Å². The van der Waals surface area contributed by atoms with Crippen LogP contribution in [0.25, 0.3) is 11.4 Å². The third kappa shape index (κ3) is 2.98. The van der Waals surface area contributed by atoms with Gasteiger partial charge in [-0.3, -0.25) is 9.55 Å². The molecule has 0 aliphatic rings. The van der Waals surface area contributed by atoms with Gasteiger partial charge in [-0.15, -0.1) is 10.2 Å². The molecule has 0 bridgehead atoms. The van der Waals surface area contributed by atoms with E-state index in [2.05, 4.69) is 15.2 Å². The highest BCUT2D eigenvalue weighted by Crippen LogP contribution is 2.19. The Balaban J connectivity index is 2.56. The molecule has 0 aliphatic carbocycles. The highest BCUT2D eigenvalue weighted by Gasteiger charge is 2.22. The van der Waals surface area contributed by atoms with Crippen molar-refractivity contribution >= 4 is 10.0 Å². The monoisotopic (exact) mass is 301 g/mol. The summed E-state index contributed by atoms with van der Waals surface area (Å²) in [5, 5.41) is 11.9. The standard InChI is InChI=1S/C10H12FN5O3S/c1-19-3-2-16-9(7-4-8(11)6-13-5-7)14-15-10(16)20(12,17)18/h4-6H,2-3H2,1H3,(H2,12,17,18). The van der Waals surface area contributed by atoms with Gasteiger partial charge in [-0.25, -0.2) is 17.9 Å². The molecule has 20 heavy (non-hydrogen) atoms. The summed E-state index contributed by atoms with van der Waals surface area (Å²) in [7, 11) is -2.58. The second-order valence-corrected chi connectivity index (χ2v) is 5.34. The lowest BCUT2D eigenvalue weighted by atomic mass is 10.2. The van der Waals surface area contributed by atoms with Crippen LogP contribution in [0.3, 0.4) is 0 Å². The van der Waals surface area contributed by atoms with E-state index in [-0.39, 0.29) is 19.0 Å². The van der Waals surface area contributed by atoms with Gasteiger partial charge in [0, 0.05) is 18.9 Å². The highest BCUT2D eigenvalue weighted by molar-refractivity contribution is 7.89. The Morgan fingerprint density at radius 2 is 2.15 bits per heavy atom. The van der Waals surface area contributed by atoms with Crippen LogP contribution in [0.15, 0.2) is 23.6 Å². The first-order chi connectivity index (χ1) is 9.43. The first-order valence-corrected chi connectivity index (χ1v) is 7.04. The summed E-state index contributed by atoms with van der Waals surface area (Å²) in [5.74, 6) is -0.418. The fourth-order valence-electron chi connectivity index (χ4n) is 1.63. The van der Waals surface area contributed by atoms with Crippen LogP contribution >= 0.6 is 0 Å². The van der Waals surface area contributed by atoms with Crippen LogP contribution in [0.1, 0.15) is 0 Å². The maximum Gasteiger partial charge on any atom is 0.273 e. The van der Waals surface area contributed by atoms with Crippen molar-refractivity contribution in [3.8, 4) is 11.4 Å². The lowest BCUT2D eigenvalue weighted by Crippen LogP contribution is -2.20. The minimum absolute atomic E-state index is 0.151. The summed E-state index contributed by atoms with van der Waals surface area (Å²) >= 11 is 0. The number of ether oxygens (including phenoxy) is 1. The summed E-state index contributed by atoms with van der Waals surface area (Å²) in [4.78, 5) is 3.69. The number of rotatable bonds is 5. The van der Waals surface area contributed by atoms with Crippen LogP contribution in [-0.4, -0.2) is 41.9 Å². The number of nitrogens with two attached hydrogens (primary N) is 1. The minimum Gasteiger partial charge on any atom is -0.383 e. The number of aromatic nitrogens is 4. The maximum absolute atomic E-state index is 13.2. The number of hydrogen-bond acceptors (Lipinski definition) is 6. The Hall–Kier alpha value is -1.91. The van der Waals surface area contributed by atoms with Crippen LogP contribution < -0.4 is 5.14 Å². The molecule has 108 valence electrons. The third-order valence-electron chi connectivity index (χ3n) is 2.45. The van der Waals surface area contributed by atoms with E-state index < -0.39 is 21.0 Å². The van der Waals surface area contributed by atoms with E-state index in [9.17, 15) is 12.8 Å². The van der Waals surface area contributed by atoms with Gasteiger partial charge in [0.25, 0.3) is 15.2 Å². The normalized spacial score (nSPS) is 11.8. The predicted molar refractivity (Wildman–Crippen MR) is 66.5 cm³/mol. The van der Waals surface area contributed by atoms with E-state index in [1.54, 1.807) is 0 Å². The van der Waals surface area contributed by atoms with Crippen molar-refractivity contribution < 1.29 is 17.5 Å². The van der Waals surface area contributed by atoms with E-state index in [0.29, 0.717) is 5.56 Å². The zero-order valence-electron chi connectivity index (χ0n) is 10.5. The van der Waals surface area contributed by atoms with Gasteiger partial charge in [-0.1, -0.05) is 0 Å². The van der Waals surface area contributed by atoms with E-state index in [4.69, 9.17) is 9.88 Å². The van der Waals surface area contributed by atoms with Crippen molar-refractivity contribution in [2.24, 2.45) is 5.14 Å². The smallest absolute Gasteiger partial charge is 0.273 e. The largest absolute Gasteiger partial charge is 0.383 e. The van der Waals surface area contributed by atoms with Gasteiger partial charge < -0.3 is 4.74 Å². The van der Waals surface area contributed by atoms with Crippen LogP contribution in [0.5, 0.6) is 0 Å². The van der Waals surface area contributed by atoms with E-state index >= 15 is 0 Å².